The van der Waals surface area contributed by atoms with Crippen molar-refractivity contribution in [3.63, 3.8) is 0 Å². The molecule has 0 amide bonds. The number of rotatable bonds is 9. The van der Waals surface area contributed by atoms with Crippen LogP contribution in [0.3, 0.4) is 0 Å². The number of hydrogen-bond acceptors (Lipinski definition) is 9. The van der Waals surface area contributed by atoms with Crippen LogP contribution >= 0.6 is 0 Å². The van der Waals surface area contributed by atoms with Crippen LogP contribution < -0.4 is 28.6 Å². The molecule has 36 heavy (non-hydrogen) atoms. The second-order valence-electron chi connectivity index (χ2n) is 8.23. The van der Waals surface area contributed by atoms with Gasteiger partial charge in [-0.05, 0) is 31.2 Å². The van der Waals surface area contributed by atoms with Crippen LogP contribution in [0.1, 0.15) is 30.1 Å². The van der Waals surface area contributed by atoms with E-state index in [1.807, 2.05) is 30.3 Å². The Balaban J connectivity index is 1.69. The smallest absolute Gasteiger partial charge is 0.341 e. The minimum Gasteiger partial charge on any atom is -0.496 e. The van der Waals surface area contributed by atoms with Gasteiger partial charge in [0.15, 0.2) is 11.5 Å². The number of hydrogen-bond donors (Lipinski definition) is 0. The van der Waals surface area contributed by atoms with Crippen LogP contribution in [0.15, 0.2) is 36.5 Å². The summed E-state index contributed by atoms with van der Waals surface area (Å²) in [6.45, 7) is 3.34. The number of benzene rings is 2. The Kier molecular flexibility index (Phi) is 7.87. The third-order valence-electron chi connectivity index (χ3n) is 6.28. The normalized spacial score (nSPS) is 13.9. The van der Waals surface area contributed by atoms with Gasteiger partial charge in [-0.3, -0.25) is 4.98 Å². The van der Waals surface area contributed by atoms with Crippen LogP contribution in [0.25, 0.3) is 10.9 Å². The summed E-state index contributed by atoms with van der Waals surface area (Å²) >= 11 is 0. The van der Waals surface area contributed by atoms with E-state index in [0.717, 1.165) is 18.5 Å². The predicted molar refractivity (Wildman–Crippen MR) is 136 cm³/mol. The lowest BCUT2D eigenvalue weighted by molar-refractivity contribution is 0.0526. The fourth-order valence-electron chi connectivity index (χ4n) is 4.55. The average Bonchev–Trinajstić information content (AvgIpc) is 2.92. The Morgan fingerprint density at radius 2 is 1.53 bits per heavy atom. The fourth-order valence-corrected chi connectivity index (χ4v) is 4.55. The van der Waals surface area contributed by atoms with Crippen LogP contribution in [-0.2, 0) is 4.74 Å². The highest BCUT2D eigenvalue weighted by Crippen LogP contribution is 2.42. The van der Waals surface area contributed by atoms with Crippen LogP contribution in [0.5, 0.6) is 28.7 Å². The van der Waals surface area contributed by atoms with E-state index in [2.05, 4.69) is 9.88 Å². The van der Waals surface area contributed by atoms with Crippen molar-refractivity contribution >= 4 is 22.6 Å². The summed E-state index contributed by atoms with van der Waals surface area (Å²) in [6, 6.07) is 9.19. The Morgan fingerprint density at radius 1 is 0.917 bits per heavy atom. The SMILES string of the molecule is CCOC(=O)c1cnc2c(OC)ccc(OC)c2c1N1CCC(Oc2c(OC)cccc2OC)CC1. The number of carbonyl (C=O) groups excluding carboxylic acids is 1. The van der Waals surface area contributed by atoms with Gasteiger partial charge >= 0.3 is 5.97 Å². The Hall–Kier alpha value is -3.88. The first kappa shape index (κ1) is 25.2. The van der Waals surface area contributed by atoms with E-state index in [-0.39, 0.29) is 12.7 Å². The highest BCUT2D eigenvalue weighted by Gasteiger charge is 2.30. The number of methoxy groups -OCH3 is 4. The number of para-hydroxylation sites is 1. The molecule has 1 aliphatic heterocycles. The zero-order chi connectivity index (χ0) is 25.7. The lowest BCUT2D eigenvalue weighted by Crippen LogP contribution is -2.39. The van der Waals surface area contributed by atoms with Crippen molar-refractivity contribution < 1.29 is 33.2 Å². The minimum atomic E-state index is -0.427. The maximum atomic E-state index is 12.9. The zero-order valence-corrected chi connectivity index (χ0v) is 21.3. The van der Waals surface area contributed by atoms with Crippen molar-refractivity contribution in [2.24, 2.45) is 0 Å². The van der Waals surface area contributed by atoms with Gasteiger partial charge in [-0.15, -0.1) is 0 Å². The number of anilines is 1. The molecule has 9 nitrogen and oxygen atoms in total. The number of piperidine rings is 1. The van der Waals surface area contributed by atoms with E-state index >= 15 is 0 Å². The molecule has 2 heterocycles. The summed E-state index contributed by atoms with van der Waals surface area (Å²) in [5.41, 5.74) is 1.74. The standard InChI is InChI=1S/C27H32N2O7/c1-6-35-27(30)18-16-28-24-20(32-3)11-10-19(31-2)23(24)25(18)29-14-12-17(13-15-29)36-26-21(33-4)8-7-9-22(26)34-5/h7-11,16-17H,6,12-15H2,1-5H3. The molecule has 0 aliphatic carbocycles. The van der Waals surface area contributed by atoms with Crippen molar-refractivity contribution in [3.8, 4) is 28.7 Å². The third kappa shape index (κ3) is 4.78. The first-order chi connectivity index (χ1) is 17.6. The van der Waals surface area contributed by atoms with Gasteiger partial charge in [0.05, 0.1) is 46.1 Å². The Labute approximate surface area is 210 Å². The number of nitrogens with zero attached hydrogens (tertiary/aromatic N) is 2. The minimum absolute atomic E-state index is 0.0537. The number of carbonyl (C=O) groups is 1. The lowest BCUT2D eigenvalue weighted by atomic mass is 10.0. The molecule has 0 radical (unpaired) electrons. The van der Waals surface area contributed by atoms with Crippen molar-refractivity contribution in [2.75, 3.05) is 53.0 Å². The molecular weight excluding hydrogens is 464 g/mol. The topological polar surface area (TPSA) is 88.6 Å². The molecule has 4 rings (SSSR count). The fraction of sp³-hybridized carbons (Fsp3) is 0.407. The van der Waals surface area contributed by atoms with Crippen LogP contribution in [0.2, 0.25) is 0 Å². The summed E-state index contributed by atoms with van der Waals surface area (Å²) < 4.78 is 33.9. The van der Waals surface area contributed by atoms with Gasteiger partial charge < -0.3 is 33.3 Å². The van der Waals surface area contributed by atoms with E-state index in [1.165, 1.54) is 0 Å². The first-order valence-electron chi connectivity index (χ1n) is 11.9. The number of esters is 1. The van der Waals surface area contributed by atoms with Gasteiger partial charge in [-0.2, -0.15) is 0 Å². The summed E-state index contributed by atoms with van der Waals surface area (Å²) in [7, 11) is 6.41. The molecule has 192 valence electrons. The zero-order valence-electron chi connectivity index (χ0n) is 21.3. The maximum absolute atomic E-state index is 12.9. The number of fused-ring (bicyclic) bond motifs is 1. The quantitative estimate of drug-likeness (QED) is 0.398. The van der Waals surface area contributed by atoms with Gasteiger partial charge in [0.25, 0.3) is 0 Å². The molecule has 0 bridgehead atoms. The van der Waals surface area contributed by atoms with Gasteiger partial charge in [0.2, 0.25) is 5.75 Å². The highest BCUT2D eigenvalue weighted by molar-refractivity contribution is 6.09. The lowest BCUT2D eigenvalue weighted by Gasteiger charge is -2.35. The van der Waals surface area contributed by atoms with E-state index in [9.17, 15) is 4.79 Å². The Morgan fingerprint density at radius 3 is 2.11 bits per heavy atom. The van der Waals surface area contributed by atoms with Gasteiger partial charge in [0, 0.05) is 32.1 Å². The molecule has 1 aliphatic rings. The van der Waals surface area contributed by atoms with E-state index in [4.69, 9.17) is 28.4 Å². The van der Waals surface area contributed by atoms with Crippen LogP contribution in [-0.4, -0.2) is 65.2 Å². The molecule has 0 unspecified atom stereocenters. The van der Waals surface area contributed by atoms with E-state index in [1.54, 1.807) is 41.6 Å². The van der Waals surface area contributed by atoms with Crippen LogP contribution in [0.4, 0.5) is 5.69 Å². The number of ether oxygens (including phenoxy) is 6. The van der Waals surface area contributed by atoms with E-state index < -0.39 is 5.97 Å². The maximum Gasteiger partial charge on any atom is 0.341 e. The molecule has 1 aromatic heterocycles. The monoisotopic (exact) mass is 496 g/mol. The molecule has 3 aromatic rings. The Bertz CT molecular complexity index is 1200. The van der Waals surface area contributed by atoms with Gasteiger partial charge in [0.1, 0.15) is 28.7 Å². The van der Waals surface area contributed by atoms with Crippen molar-refractivity contribution in [1.82, 2.24) is 4.98 Å². The second-order valence-corrected chi connectivity index (χ2v) is 8.23. The molecule has 0 atom stereocenters. The number of pyridine rings is 1. The molecular formula is C27H32N2O7. The van der Waals surface area contributed by atoms with Gasteiger partial charge in [-0.25, -0.2) is 4.79 Å². The average molecular weight is 497 g/mol. The molecule has 1 fully saturated rings. The van der Waals surface area contributed by atoms with Crippen molar-refractivity contribution in [3.05, 3.63) is 42.1 Å². The van der Waals surface area contributed by atoms with Crippen molar-refractivity contribution in [1.29, 1.82) is 0 Å². The molecule has 0 N–H and O–H groups in total. The van der Waals surface area contributed by atoms with Crippen molar-refractivity contribution in [2.45, 2.75) is 25.9 Å². The summed E-state index contributed by atoms with van der Waals surface area (Å²) in [5.74, 6) is 2.62. The van der Waals surface area contributed by atoms with E-state index in [0.29, 0.717) is 58.3 Å². The number of aromatic nitrogens is 1. The molecule has 0 spiro atoms. The third-order valence-corrected chi connectivity index (χ3v) is 6.28. The summed E-state index contributed by atoms with van der Waals surface area (Å²) in [6.07, 6.45) is 2.95. The summed E-state index contributed by atoms with van der Waals surface area (Å²) in [4.78, 5) is 19.6. The second kappa shape index (κ2) is 11.2. The predicted octanol–water partition coefficient (Wildman–Crippen LogP) is 4.49. The molecule has 0 saturated carbocycles. The van der Waals surface area contributed by atoms with Crippen LogP contribution in [0, 0.1) is 0 Å². The first-order valence-corrected chi connectivity index (χ1v) is 11.9. The largest absolute Gasteiger partial charge is 0.496 e. The molecule has 2 aromatic carbocycles. The highest BCUT2D eigenvalue weighted by atomic mass is 16.5. The molecule has 9 heteroatoms. The molecule has 1 saturated heterocycles. The van der Waals surface area contributed by atoms with Gasteiger partial charge in [-0.1, -0.05) is 6.07 Å². The summed E-state index contributed by atoms with van der Waals surface area (Å²) in [5, 5.41) is 0.716.